The number of likely N-dealkylation sites (tertiary alicyclic amines) is 1. The number of carbonyl (C=O) groups excluding carboxylic acids is 2. The molecule has 0 spiro atoms. The lowest BCUT2D eigenvalue weighted by Gasteiger charge is -2.33. The van der Waals surface area contributed by atoms with Gasteiger partial charge in [0, 0.05) is 32.6 Å². The zero-order valence-corrected chi connectivity index (χ0v) is 15.3. The molecule has 7 nitrogen and oxygen atoms in total. The first-order valence-corrected chi connectivity index (χ1v) is 9.08. The van der Waals surface area contributed by atoms with Gasteiger partial charge in [-0.25, -0.2) is 0 Å². The summed E-state index contributed by atoms with van der Waals surface area (Å²) in [4.78, 5) is 30.1. The molecule has 0 aromatic carbocycles. The van der Waals surface area contributed by atoms with Crippen LogP contribution in [-0.2, 0) is 14.3 Å². The van der Waals surface area contributed by atoms with Crippen LogP contribution in [-0.4, -0.2) is 62.1 Å². The topological polar surface area (TPSA) is 83.0 Å². The Morgan fingerprint density at radius 2 is 1.88 bits per heavy atom. The van der Waals surface area contributed by atoms with Crippen molar-refractivity contribution in [2.24, 2.45) is 10.9 Å². The van der Waals surface area contributed by atoms with Crippen LogP contribution in [0.4, 0.5) is 0 Å². The van der Waals surface area contributed by atoms with Gasteiger partial charge in [-0.05, 0) is 33.1 Å². The van der Waals surface area contributed by atoms with Crippen molar-refractivity contribution in [3.8, 4) is 0 Å². The molecule has 1 heterocycles. The highest BCUT2D eigenvalue weighted by atomic mass is 16.5. The Balaban J connectivity index is 2.46. The Bertz CT molecular complexity index is 418. The fourth-order valence-electron chi connectivity index (χ4n) is 2.63. The highest BCUT2D eigenvalue weighted by Crippen LogP contribution is 2.18. The summed E-state index contributed by atoms with van der Waals surface area (Å²) in [6, 6.07) is 0. The summed E-state index contributed by atoms with van der Waals surface area (Å²) in [5, 5.41) is 6.12. The van der Waals surface area contributed by atoms with E-state index in [1.165, 1.54) is 0 Å². The van der Waals surface area contributed by atoms with E-state index in [9.17, 15) is 9.59 Å². The summed E-state index contributed by atoms with van der Waals surface area (Å²) in [6.45, 7) is 9.83. The number of piperidine rings is 1. The molecule has 24 heavy (non-hydrogen) atoms. The van der Waals surface area contributed by atoms with Crippen molar-refractivity contribution in [1.82, 2.24) is 15.5 Å². The average molecular weight is 340 g/mol. The number of rotatable bonds is 8. The van der Waals surface area contributed by atoms with E-state index in [2.05, 4.69) is 20.5 Å². The molecule has 1 aliphatic heterocycles. The molecule has 7 heteroatoms. The van der Waals surface area contributed by atoms with Crippen LogP contribution < -0.4 is 10.6 Å². The van der Waals surface area contributed by atoms with E-state index in [0.29, 0.717) is 26.1 Å². The van der Waals surface area contributed by atoms with E-state index in [0.717, 1.165) is 44.9 Å². The molecule has 0 aliphatic carbocycles. The van der Waals surface area contributed by atoms with Crippen LogP contribution >= 0.6 is 0 Å². The molecular weight excluding hydrogens is 308 g/mol. The number of carbonyl (C=O) groups is 2. The van der Waals surface area contributed by atoms with Crippen LogP contribution in [0.3, 0.4) is 0 Å². The molecule has 0 unspecified atom stereocenters. The Hall–Kier alpha value is -1.79. The predicted molar refractivity (Wildman–Crippen MR) is 94.8 cm³/mol. The number of hydrogen-bond acceptors (Lipinski definition) is 4. The van der Waals surface area contributed by atoms with Gasteiger partial charge in [0.2, 0.25) is 5.91 Å². The molecule has 138 valence electrons. The van der Waals surface area contributed by atoms with Gasteiger partial charge < -0.3 is 20.3 Å². The number of amides is 1. The molecule has 2 N–H and O–H groups in total. The third-order valence-electron chi connectivity index (χ3n) is 3.92. The Kier molecular flexibility index (Phi) is 9.88. The van der Waals surface area contributed by atoms with Crippen LogP contribution in [0.1, 0.15) is 46.5 Å². The summed E-state index contributed by atoms with van der Waals surface area (Å²) in [7, 11) is 0. The summed E-state index contributed by atoms with van der Waals surface area (Å²) in [5.74, 6) is 0.760. The molecule has 0 aromatic rings. The van der Waals surface area contributed by atoms with Crippen LogP contribution in [0.15, 0.2) is 4.99 Å². The molecule has 0 saturated carbocycles. The van der Waals surface area contributed by atoms with Gasteiger partial charge in [0.25, 0.3) is 0 Å². The molecule has 0 atom stereocenters. The zero-order chi connectivity index (χ0) is 17.8. The maximum Gasteiger partial charge on any atom is 0.309 e. The van der Waals surface area contributed by atoms with E-state index in [-0.39, 0.29) is 17.8 Å². The van der Waals surface area contributed by atoms with Gasteiger partial charge in [-0.1, -0.05) is 6.92 Å². The fraction of sp³-hybridized carbons (Fsp3) is 0.824. The van der Waals surface area contributed by atoms with Crippen molar-refractivity contribution in [3.05, 3.63) is 0 Å². The van der Waals surface area contributed by atoms with Crippen molar-refractivity contribution in [2.75, 3.05) is 39.3 Å². The summed E-state index contributed by atoms with van der Waals surface area (Å²) in [5.41, 5.74) is 0. The minimum absolute atomic E-state index is 0.0103. The second-order valence-electron chi connectivity index (χ2n) is 5.85. The fourth-order valence-corrected chi connectivity index (χ4v) is 2.63. The molecule has 1 amide bonds. The van der Waals surface area contributed by atoms with Crippen molar-refractivity contribution < 1.29 is 14.3 Å². The minimum Gasteiger partial charge on any atom is -0.466 e. The third-order valence-corrected chi connectivity index (χ3v) is 3.92. The largest absolute Gasteiger partial charge is 0.466 e. The number of hydrogen-bond donors (Lipinski definition) is 2. The van der Waals surface area contributed by atoms with Crippen LogP contribution in [0.5, 0.6) is 0 Å². The summed E-state index contributed by atoms with van der Waals surface area (Å²) < 4.78 is 5.10. The van der Waals surface area contributed by atoms with Crippen molar-refractivity contribution in [3.63, 3.8) is 0 Å². The minimum atomic E-state index is -0.0910. The van der Waals surface area contributed by atoms with Crippen molar-refractivity contribution in [1.29, 1.82) is 0 Å². The molecule has 1 fully saturated rings. The van der Waals surface area contributed by atoms with E-state index in [1.807, 2.05) is 20.8 Å². The first-order chi connectivity index (χ1) is 11.6. The molecule has 0 radical (unpaired) electrons. The van der Waals surface area contributed by atoms with E-state index >= 15 is 0 Å². The second-order valence-corrected chi connectivity index (χ2v) is 5.85. The van der Waals surface area contributed by atoms with Crippen LogP contribution in [0.25, 0.3) is 0 Å². The second kappa shape index (κ2) is 11.7. The third kappa shape index (κ3) is 7.19. The molecular formula is C17H32N4O3. The smallest absolute Gasteiger partial charge is 0.309 e. The predicted octanol–water partition coefficient (Wildman–Crippen LogP) is 1.14. The van der Waals surface area contributed by atoms with Gasteiger partial charge in [-0.3, -0.25) is 14.6 Å². The van der Waals surface area contributed by atoms with Crippen molar-refractivity contribution in [2.45, 2.75) is 46.5 Å². The summed E-state index contributed by atoms with van der Waals surface area (Å²) >= 11 is 0. The van der Waals surface area contributed by atoms with Crippen molar-refractivity contribution >= 4 is 17.8 Å². The highest BCUT2D eigenvalue weighted by molar-refractivity contribution is 5.81. The van der Waals surface area contributed by atoms with Crippen LogP contribution in [0.2, 0.25) is 0 Å². The quantitative estimate of drug-likeness (QED) is 0.393. The molecule has 1 aliphatic rings. The lowest BCUT2D eigenvalue weighted by atomic mass is 9.97. The van der Waals surface area contributed by atoms with Gasteiger partial charge in [0.05, 0.1) is 19.1 Å². The zero-order valence-electron chi connectivity index (χ0n) is 15.3. The Morgan fingerprint density at radius 1 is 1.17 bits per heavy atom. The number of nitrogens with one attached hydrogen (secondary N) is 2. The van der Waals surface area contributed by atoms with E-state index < -0.39 is 0 Å². The molecule has 0 bridgehead atoms. The van der Waals surface area contributed by atoms with Crippen LogP contribution in [0, 0.1) is 5.92 Å². The van der Waals surface area contributed by atoms with E-state index in [1.54, 1.807) is 0 Å². The molecule has 0 aromatic heterocycles. The maximum atomic E-state index is 11.8. The number of esters is 1. The number of guanidine groups is 1. The van der Waals surface area contributed by atoms with E-state index in [4.69, 9.17) is 4.74 Å². The van der Waals surface area contributed by atoms with Gasteiger partial charge in [0.15, 0.2) is 5.96 Å². The first kappa shape index (κ1) is 20.3. The highest BCUT2D eigenvalue weighted by Gasteiger charge is 2.27. The average Bonchev–Trinajstić information content (AvgIpc) is 2.59. The molecule has 1 saturated heterocycles. The number of ether oxygens (including phenoxy) is 1. The molecule has 1 rings (SSSR count). The lowest BCUT2D eigenvalue weighted by molar-refractivity contribution is -0.149. The Labute approximate surface area is 145 Å². The summed E-state index contributed by atoms with van der Waals surface area (Å²) in [6.07, 6.45) is 2.89. The monoisotopic (exact) mass is 340 g/mol. The number of nitrogens with zero attached hydrogens (tertiary/aromatic N) is 2. The SMILES string of the molecule is CCCNC(=O)CCN=C(NCC)N1CCC(C(=O)OCC)CC1. The van der Waals surface area contributed by atoms with Gasteiger partial charge in [-0.2, -0.15) is 0 Å². The van der Waals surface area contributed by atoms with Gasteiger partial charge >= 0.3 is 5.97 Å². The Morgan fingerprint density at radius 3 is 2.46 bits per heavy atom. The standard InChI is InChI=1S/C17H32N4O3/c1-4-10-19-15(22)7-11-20-17(18-5-2)21-12-8-14(9-13-21)16(23)24-6-3/h14H,4-13H2,1-3H3,(H,18,20)(H,19,22). The number of aliphatic imine (C=N–C) groups is 1. The maximum absolute atomic E-state index is 11.8. The van der Waals surface area contributed by atoms with Gasteiger partial charge in [0.1, 0.15) is 0 Å². The first-order valence-electron chi connectivity index (χ1n) is 9.08. The van der Waals surface area contributed by atoms with Gasteiger partial charge in [-0.15, -0.1) is 0 Å². The normalized spacial score (nSPS) is 16.0. The lowest BCUT2D eigenvalue weighted by Crippen LogP contribution is -2.46.